The number of fused-ring (bicyclic) bond motifs is 9. The Kier molecular flexibility index (Phi) is 5.21. The van der Waals surface area contributed by atoms with Gasteiger partial charge in [-0.15, -0.1) is 11.3 Å². The van der Waals surface area contributed by atoms with Crippen LogP contribution in [0.1, 0.15) is 0 Å². The molecule has 0 aliphatic carbocycles. The Balaban J connectivity index is 1.39. The fourth-order valence-electron chi connectivity index (χ4n) is 7.27. The zero-order valence-corrected chi connectivity index (χ0v) is 24.9. The molecular formula is C39H24BN3OS. The largest absolute Gasteiger partial charge is 0.456 e. The Labute approximate surface area is 263 Å². The number of rotatable bonds is 3. The van der Waals surface area contributed by atoms with Crippen LogP contribution >= 0.6 is 11.3 Å². The quantitative estimate of drug-likeness (QED) is 0.193. The van der Waals surface area contributed by atoms with Gasteiger partial charge in [-0.25, -0.2) is 0 Å². The molecule has 1 aliphatic heterocycles. The van der Waals surface area contributed by atoms with E-state index >= 15 is 0 Å². The van der Waals surface area contributed by atoms with Crippen molar-refractivity contribution in [3.05, 3.63) is 146 Å². The number of para-hydroxylation sites is 2. The van der Waals surface area contributed by atoms with Crippen LogP contribution in [0.15, 0.2) is 150 Å². The van der Waals surface area contributed by atoms with E-state index in [1.807, 2.05) is 23.6 Å². The van der Waals surface area contributed by atoms with Crippen molar-refractivity contribution in [2.75, 3.05) is 4.90 Å². The Bertz CT molecular complexity index is 2570. The number of hydrogen-bond acceptors (Lipinski definition) is 4. The van der Waals surface area contributed by atoms with Crippen molar-refractivity contribution in [2.24, 2.45) is 0 Å². The number of thiophene rings is 1. The number of hydrogen-bond donors (Lipinski definition) is 0. The zero-order chi connectivity index (χ0) is 29.5. The van der Waals surface area contributed by atoms with Crippen LogP contribution < -0.4 is 20.6 Å². The molecule has 0 saturated carbocycles. The van der Waals surface area contributed by atoms with Crippen molar-refractivity contribution in [3.8, 4) is 5.69 Å². The van der Waals surface area contributed by atoms with Crippen molar-refractivity contribution in [1.29, 1.82) is 0 Å². The first-order chi connectivity index (χ1) is 22.3. The van der Waals surface area contributed by atoms with Crippen molar-refractivity contribution in [2.45, 2.75) is 0 Å². The Morgan fingerprint density at radius 1 is 0.622 bits per heavy atom. The molecule has 5 aromatic carbocycles. The van der Waals surface area contributed by atoms with E-state index in [2.05, 4.69) is 142 Å². The van der Waals surface area contributed by atoms with E-state index in [0.29, 0.717) is 0 Å². The number of benzene rings is 5. The topological polar surface area (TPSA) is 34.2 Å². The molecule has 45 heavy (non-hydrogen) atoms. The Morgan fingerprint density at radius 2 is 1.36 bits per heavy atom. The summed E-state index contributed by atoms with van der Waals surface area (Å²) in [6, 6.07) is 48.0. The van der Waals surface area contributed by atoms with E-state index in [4.69, 9.17) is 4.42 Å². The summed E-state index contributed by atoms with van der Waals surface area (Å²) in [4.78, 5) is 6.94. The van der Waals surface area contributed by atoms with Gasteiger partial charge in [-0.05, 0) is 59.4 Å². The lowest BCUT2D eigenvalue weighted by Gasteiger charge is -2.35. The summed E-state index contributed by atoms with van der Waals surface area (Å²) in [6.07, 6.45) is 3.69. The number of aromatic nitrogens is 2. The Hall–Kier alpha value is -5.59. The highest BCUT2D eigenvalue weighted by atomic mass is 32.1. The molecular weight excluding hydrogens is 569 g/mol. The van der Waals surface area contributed by atoms with Crippen LogP contribution in [0.25, 0.3) is 48.6 Å². The first kappa shape index (κ1) is 24.8. The molecule has 0 bridgehead atoms. The molecule has 6 heteroatoms. The van der Waals surface area contributed by atoms with Crippen molar-refractivity contribution in [3.63, 3.8) is 0 Å². The van der Waals surface area contributed by atoms with E-state index in [9.17, 15) is 0 Å². The number of nitrogens with zero attached hydrogens (tertiary/aromatic N) is 3. The van der Waals surface area contributed by atoms with Crippen molar-refractivity contribution < 1.29 is 4.42 Å². The maximum absolute atomic E-state index is 6.24. The lowest BCUT2D eigenvalue weighted by Crippen LogP contribution is -2.56. The van der Waals surface area contributed by atoms with E-state index in [1.54, 1.807) is 6.20 Å². The molecule has 4 aromatic heterocycles. The first-order valence-electron chi connectivity index (χ1n) is 15.2. The van der Waals surface area contributed by atoms with E-state index in [-0.39, 0.29) is 6.71 Å². The summed E-state index contributed by atoms with van der Waals surface area (Å²) in [5.41, 5.74) is 8.98. The third-order valence-corrected chi connectivity index (χ3v) is 10.4. The van der Waals surface area contributed by atoms with Crippen LogP contribution in [0.4, 0.5) is 17.2 Å². The highest BCUT2D eigenvalue weighted by Crippen LogP contribution is 2.47. The summed E-state index contributed by atoms with van der Waals surface area (Å²) in [5, 5.41) is 4.60. The normalized spacial score (nSPS) is 12.8. The van der Waals surface area contributed by atoms with Gasteiger partial charge in [-0.2, -0.15) is 0 Å². The third-order valence-electron chi connectivity index (χ3n) is 9.13. The smallest absolute Gasteiger partial charge is 0.262 e. The molecule has 10 rings (SSSR count). The van der Waals surface area contributed by atoms with E-state index in [0.717, 1.165) is 39.1 Å². The molecule has 0 saturated heterocycles. The maximum Gasteiger partial charge on any atom is 0.262 e. The monoisotopic (exact) mass is 593 g/mol. The summed E-state index contributed by atoms with van der Waals surface area (Å²) in [6.45, 7) is 0.0717. The molecule has 1 aliphatic rings. The van der Waals surface area contributed by atoms with Gasteiger partial charge in [0.1, 0.15) is 17.0 Å². The summed E-state index contributed by atoms with van der Waals surface area (Å²) < 4.78 is 11.3. The van der Waals surface area contributed by atoms with Crippen LogP contribution in [0.5, 0.6) is 0 Å². The van der Waals surface area contributed by atoms with Gasteiger partial charge in [0, 0.05) is 49.4 Å². The van der Waals surface area contributed by atoms with Gasteiger partial charge in [0.2, 0.25) is 0 Å². The number of anilines is 3. The third kappa shape index (κ3) is 3.51. The predicted octanol–water partition coefficient (Wildman–Crippen LogP) is 8.44. The highest BCUT2D eigenvalue weighted by Gasteiger charge is 2.42. The van der Waals surface area contributed by atoms with Gasteiger partial charge in [0.05, 0.1) is 11.2 Å². The van der Waals surface area contributed by atoms with E-state index in [1.165, 1.54) is 42.4 Å². The first-order valence-corrected chi connectivity index (χ1v) is 16.0. The number of furan rings is 1. The lowest BCUT2D eigenvalue weighted by atomic mass is 9.38. The molecule has 0 amide bonds. The van der Waals surface area contributed by atoms with Crippen molar-refractivity contribution >= 4 is 93.9 Å². The average Bonchev–Trinajstić information content (AvgIpc) is 3.78. The average molecular weight is 594 g/mol. The fourth-order valence-corrected chi connectivity index (χ4v) is 8.60. The molecule has 5 heterocycles. The van der Waals surface area contributed by atoms with Gasteiger partial charge >= 0.3 is 0 Å². The Morgan fingerprint density at radius 3 is 2.22 bits per heavy atom. The van der Waals surface area contributed by atoms with Crippen LogP contribution in [-0.2, 0) is 0 Å². The van der Waals surface area contributed by atoms with Gasteiger partial charge in [0.15, 0.2) is 0 Å². The van der Waals surface area contributed by atoms with Crippen LogP contribution in [-0.4, -0.2) is 16.3 Å². The minimum absolute atomic E-state index is 0.0717. The fraction of sp³-hybridized carbons (Fsp3) is 0. The summed E-state index contributed by atoms with van der Waals surface area (Å²) in [5.74, 6) is 1.16. The van der Waals surface area contributed by atoms with Crippen LogP contribution in [0.2, 0.25) is 0 Å². The molecule has 0 N–H and O–H groups in total. The highest BCUT2D eigenvalue weighted by molar-refractivity contribution is 7.33. The standard InChI is InChI=1S/C39H24BN3OS/c1-3-11-25(12-4-1)40-36-28-15-7-9-17-32(28)42(26-13-5-2-6-14-26)39(36)43(37-29-16-8-10-18-35(29)45-38(37)40)27-19-20-33-30(23-27)31-24-41-22-21-34(31)44-33/h1-24H. The van der Waals surface area contributed by atoms with Gasteiger partial charge in [0.25, 0.3) is 6.71 Å². The van der Waals surface area contributed by atoms with Crippen molar-refractivity contribution in [1.82, 2.24) is 9.55 Å². The van der Waals surface area contributed by atoms with Crippen LogP contribution in [0.3, 0.4) is 0 Å². The second kappa shape index (κ2) is 9.46. The van der Waals surface area contributed by atoms with E-state index < -0.39 is 0 Å². The lowest BCUT2D eigenvalue weighted by molar-refractivity contribution is 0.668. The molecule has 0 spiro atoms. The molecule has 0 fully saturated rings. The number of pyridine rings is 1. The molecule has 0 unspecified atom stereocenters. The second-order valence-corrected chi connectivity index (χ2v) is 12.7. The van der Waals surface area contributed by atoms with Gasteiger partial charge < -0.3 is 4.42 Å². The minimum Gasteiger partial charge on any atom is -0.456 e. The predicted molar refractivity (Wildman–Crippen MR) is 190 cm³/mol. The second-order valence-electron chi connectivity index (χ2n) is 11.6. The molecule has 0 atom stereocenters. The molecule has 0 radical (unpaired) electrons. The SMILES string of the molecule is c1ccc(B2c3sc4ccccc4c3N(c3ccc4oc5ccncc5c4c3)c3c2c2ccccc2n3-c2ccccc2)cc1. The molecule has 210 valence electrons. The minimum atomic E-state index is 0.0717. The summed E-state index contributed by atoms with van der Waals surface area (Å²) in [7, 11) is 0. The molecule has 9 aromatic rings. The van der Waals surface area contributed by atoms with Crippen LogP contribution in [0, 0.1) is 0 Å². The van der Waals surface area contributed by atoms with Gasteiger partial charge in [-0.3, -0.25) is 14.5 Å². The zero-order valence-electron chi connectivity index (χ0n) is 24.1. The maximum atomic E-state index is 6.24. The summed E-state index contributed by atoms with van der Waals surface area (Å²) >= 11 is 1.91. The molecule has 4 nitrogen and oxygen atoms in total. The van der Waals surface area contributed by atoms with Gasteiger partial charge in [-0.1, -0.05) is 90.4 Å².